The van der Waals surface area contributed by atoms with Crippen molar-refractivity contribution in [1.82, 2.24) is 15.2 Å². The summed E-state index contributed by atoms with van der Waals surface area (Å²) in [5.41, 5.74) is 2.47. The Labute approximate surface area is 129 Å². The molecule has 1 fully saturated rings. The van der Waals surface area contributed by atoms with Gasteiger partial charge in [-0.3, -0.25) is 4.90 Å². The molecule has 2 rings (SSSR count). The molecule has 118 valence electrons. The molecule has 0 spiro atoms. The maximum atomic E-state index is 4.84. The van der Waals surface area contributed by atoms with E-state index in [1.165, 1.54) is 18.4 Å². The Morgan fingerprint density at radius 1 is 1.29 bits per heavy atom. The predicted octanol–water partition coefficient (Wildman–Crippen LogP) is 2.42. The van der Waals surface area contributed by atoms with Crippen LogP contribution in [0.2, 0.25) is 0 Å². The highest BCUT2D eigenvalue weighted by atomic mass is 15.3. The van der Waals surface area contributed by atoms with Crippen LogP contribution in [-0.2, 0) is 6.54 Å². The minimum Gasteiger partial charge on any atom is -0.354 e. The second kappa shape index (κ2) is 7.76. The molecule has 0 aromatic carbocycles. The number of pyridine rings is 1. The zero-order valence-electron chi connectivity index (χ0n) is 14.0. The lowest BCUT2D eigenvalue weighted by atomic mass is 10.1. The van der Waals surface area contributed by atoms with Crippen LogP contribution in [0.3, 0.4) is 0 Å². The first kappa shape index (κ1) is 16.2. The Kier molecular flexibility index (Phi) is 6.00. The van der Waals surface area contributed by atoms with E-state index in [2.05, 4.69) is 55.1 Å². The summed E-state index contributed by atoms with van der Waals surface area (Å²) in [6, 6.07) is 5.07. The average molecular weight is 290 g/mol. The zero-order chi connectivity index (χ0) is 15.2. The summed E-state index contributed by atoms with van der Waals surface area (Å²) in [5, 5.41) is 3.45. The number of piperazine rings is 1. The third-order valence-electron chi connectivity index (χ3n) is 4.50. The molecule has 1 aliphatic rings. The van der Waals surface area contributed by atoms with Crippen molar-refractivity contribution < 1.29 is 0 Å². The van der Waals surface area contributed by atoms with Crippen molar-refractivity contribution in [1.29, 1.82) is 0 Å². The molecule has 0 aliphatic carbocycles. The second-order valence-electron chi connectivity index (χ2n) is 6.08. The van der Waals surface area contributed by atoms with Crippen LogP contribution in [0.15, 0.2) is 12.1 Å². The monoisotopic (exact) mass is 290 g/mol. The van der Waals surface area contributed by atoms with Gasteiger partial charge in [-0.1, -0.05) is 19.9 Å². The maximum Gasteiger partial charge on any atom is 0.128 e. The normalized spacial score (nSPS) is 20.0. The van der Waals surface area contributed by atoms with E-state index in [0.29, 0.717) is 6.04 Å². The van der Waals surface area contributed by atoms with Crippen molar-refractivity contribution in [2.75, 3.05) is 38.1 Å². The topological polar surface area (TPSA) is 31.4 Å². The highest BCUT2D eigenvalue weighted by Gasteiger charge is 2.23. The fraction of sp³-hybridized carbons (Fsp3) is 0.706. The second-order valence-corrected chi connectivity index (χ2v) is 6.08. The summed E-state index contributed by atoms with van der Waals surface area (Å²) in [6.45, 7) is 11.9. The highest BCUT2D eigenvalue weighted by Crippen LogP contribution is 2.19. The summed E-state index contributed by atoms with van der Waals surface area (Å²) in [5.74, 6) is 1.14. The summed E-state index contributed by atoms with van der Waals surface area (Å²) >= 11 is 0. The van der Waals surface area contributed by atoms with Crippen LogP contribution < -0.4 is 10.2 Å². The van der Waals surface area contributed by atoms with E-state index >= 15 is 0 Å². The van der Waals surface area contributed by atoms with Gasteiger partial charge in [-0.05, 0) is 45.0 Å². The number of likely N-dealkylation sites (N-methyl/N-ethyl adjacent to an activating group) is 1. The first-order valence-corrected chi connectivity index (χ1v) is 8.28. The van der Waals surface area contributed by atoms with Gasteiger partial charge in [-0.2, -0.15) is 0 Å². The van der Waals surface area contributed by atoms with Crippen LogP contribution in [0.25, 0.3) is 0 Å². The first-order valence-electron chi connectivity index (χ1n) is 8.28. The number of aryl methyl sites for hydroxylation is 1. The smallest absolute Gasteiger partial charge is 0.128 e. The molecule has 21 heavy (non-hydrogen) atoms. The predicted molar refractivity (Wildman–Crippen MR) is 89.9 cm³/mol. The number of rotatable bonds is 6. The molecule has 1 unspecified atom stereocenters. The van der Waals surface area contributed by atoms with Gasteiger partial charge in [0.15, 0.2) is 0 Å². The van der Waals surface area contributed by atoms with E-state index in [1.54, 1.807) is 0 Å². The van der Waals surface area contributed by atoms with Gasteiger partial charge < -0.3 is 10.2 Å². The lowest BCUT2D eigenvalue weighted by molar-refractivity contribution is 0.213. The Hall–Kier alpha value is -1.13. The van der Waals surface area contributed by atoms with E-state index in [9.17, 15) is 0 Å². The minimum absolute atomic E-state index is 0.645. The Morgan fingerprint density at radius 2 is 2.10 bits per heavy atom. The van der Waals surface area contributed by atoms with Crippen molar-refractivity contribution in [2.45, 2.75) is 46.2 Å². The molecule has 1 aromatic heterocycles. The van der Waals surface area contributed by atoms with Crippen molar-refractivity contribution >= 4 is 5.82 Å². The zero-order valence-corrected chi connectivity index (χ0v) is 14.0. The number of nitrogens with one attached hydrogen (secondary N) is 1. The molecular weight excluding hydrogens is 260 g/mol. The van der Waals surface area contributed by atoms with Gasteiger partial charge >= 0.3 is 0 Å². The van der Waals surface area contributed by atoms with Crippen LogP contribution >= 0.6 is 0 Å². The lowest BCUT2D eigenvalue weighted by Crippen LogP contribution is -2.51. The Bertz CT molecular complexity index is 446. The molecule has 1 aromatic rings. The SMILES string of the molecule is CCCNCc1ccc(N2CCN(C)C(CC)C2)nc1C. The van der Waals surface area contributed by atoms with Gasteiger partial charge in [0.1, 0.15) is 5.82 Å². The minimum atomic E-state index is 0.645. The van der Waals surface area contributed by atoms with E-state index in [0.717, 1.165) is 44.2 Å². The van der Waals surface area contributed by atoms with Crippen LogP contribution in [0.4, 0.5) is 5.82 Å². The quantitative estimate of drug-likeness (QED) is 0.815. The van der Waals surface area contributed by atoms with E-state index in [-0.39, 0.29) is 0 Å². The van der Waals surface area contributed by atoms with Crippen LogP contribution in [0.5, 0.6) is 0 Å². The first-order chi connectivity index (χ1) is 10.2. The van der Waals surface area contributed by atoms with Crippen LogP contribution in [-0.4, -0.2) is 49.2 Å². The summed E-state index contributed by atoms with van der Waals surface area (Å²) in [6.07, 6.45) is 2.37. The molecule has 1 atom stereocenters. The Balaban J connectivity index is 2.02. The van der Waals surface area contributed by atoms with Gasteiger partial charge in [-0.25, -0.2) is 4.98 Å². The largest absolute Gasteiger partial charge is 0.354 e. The van der Waals surface area contributed by atoms with Crippen molar-refractivity contribution in [3.63, 3.8) is 0 Å². The Morgan fingerprint density at radius 3 is 2.76 bits per heavy atom. The molecule has 1 N–H and O–H groups in total. The molecule has 0 radical (unpaired) electrons. The number of anilines is 1. The average Bonchev–Trinajstić information content (AvgIpc) is 2.49. The van der Waals surface area contributed by atoms with Gasteiger partial charge in [0, 0.05) is 37.9 Å². The van der Waals surface area contributed by atoms with Crippen molar-refractivity contribution in [3.8, 4) is 0 Å². The van der Waals surface area contributed by atoms with Crippen molar-refractivity contribution in [3.05, 3.63) is 23.4 Å². The summed E-state index contributed by atoms with van der Waals surface area (Å²) in [7, 11) is 2.23. The van der Waals surface area contributed by atoms with Gasteiger partial charge in [0.05, 0.1) is 0 Å². The van der Waals surface area contributed by atoms with Gasteiger partial charge in [-0.15, -0.1) is 0 Å². The number of aromatic nitrogens is 1. The lowest BCUT2D eigenvalue weighted by Gasteiger charge is -2.39. The molecule has 4 heteroatoms. The third-order valence-corrected chi connectivity index (χ3v) is 4.50. The summed E-state index contributed by atoms with van der Waals surface area (Å²) in [4.78, 5) is 9.74. The standard InChI is InChI=1S/C17H30N4/c1-5-9-18-12-15-7-8-17(19-14(15)3)21-11-10-20(4)16(6-2)13-21/h7-8,16,18H,5-6,9-13H2,1-4H3. The molecule has 2 heterocycles. The number of nitrogens with zero attached hydrogens (tertiary/aromatic N) is 3. The fourth-order valence-corrected chi connectivity index (χ4v) is 2.93. The van der Waals surface area contributed by atoms with Crippen LogP contribution in [0.1, 0.15) is 37.9 Å². The van der Waals surface area contributed by atoms with E-state index < -0.39 is 0 Å². The van der Waals surface area contributed by atoms with Crippen LogP contribution in [0, 0.1) is 6.92 Å². The van der Waals surface area contributed by atoms with E-state index in [4.69, 9.17) is 4.98 Å². The summed E-state index contributed by atoms with van der Waals surface area (Å²) < 4.78 is 0. The molecule has 0 bridgehead atoms. The highest BCUT2D eigenvalue weighted by molar-refractivity contribution is 5.42. The number of hydrogen-bond acceptors (Lipinski definition) is 4. The maximum absolute atomic E-state index is 4.84. The molecule has 0 amide bonds. The van der Waals surface area contributed by atoms with Gasteiger partial charge in [0.25, 0.3) is 0 Å². The molecule has 4 nitrogen and oxygen atoms in total. The molecule has 0 saturated carbocycles. The molecule has 1 aliphatic heterocycles. The number of hydrogen-bond donors (Lipinski definition) is 1. The fourth-order valence-electron chi connectivity index (χ4n) is 2.93. The van der Waals surface area contributed by atoms with E-state index in [1.807, 2.05) is 0 Å². The van der Waals surface area contributed by atoms with Gasteiger partial charge in [0.2, 0.25) is 0 Å². The van der Waals surface area contributed by atoms with Crippen molar-refractivity contribution in [2.24, 2.45) is 0 Å². The molecular formula is C17H30N4. The molecule has 1 saturated heterocycles. The third kappa shape index (κ3) is 4.17.